The Bertz CT molecular complexity index is 557. The lowest BCUT2D eigenvalue weighted by Crippen LogP contribution is -2.55. The molecule has 2 N–H and O–H groups in total. The van der Waals surface area contributed by atoms with E-state index in [2.05, 4.69) is 5.43 Å². The minimum Gasteiger partial charge on any atom is -0.480 e. The minimum absolute atomic E-state index is 0.335. The third-order valence-corrected chi connectivity index (χ3v) is 3.74. The Morgan fingerprint density at radius 2 is 1.95 bits per heavy atom. The molecule has 2 aliphatic rings. The lowest BCUT2D eigenvalue weighted by molar-refractivity contribution is -0.138. The normalized spacial score (nSPS) is 21.9. The Kier molecular flexibility index (Phi) is 3.76. The van der Waals surface area contributed by atoms with Crippen molar-refractivity contribution in [2.45, 2.75) is 12.5 Å². The van der Waals surface area contributed by atoms with Crippen LogP contribution in [0.3, 0.4) is 0 Å². The van der Waals surface area contributed by atoms with Crippen LogP contribution in [0.4, 0.5) is 10.5 Å². The van der Waals surface area contributed by atoms with E-state index >= 15 is 0 Å². The molecule has 1 saturated heterocycles. The number of rotatable bonds is 2. The molecule has 3 rings (SSSR count). The van der Waals surface area contributed by atoms with Crippen LogP contribution in [0.25, 0.3) is 0 Å². The number of nitrogens with zero attached hydrogens (tertiary/aromatic N) is 2. The van der Waals surface area contributed by atoms with Crippen LogP contribution in [0.15, 0.2) is 24.3 Å². The number of nitrogens with one attached hydrogen (secondary N) is 1. The fourth-order valence-electron chi connectivity index (χ4n) is 2.70. The molecule has 2 aliphatic heterocycles. The lowest BCUT2D eigenvalue weighted by atomic mass is 10.1. The van der Waals surface area contributed by atoms with Gasteiger partial charge in [-0.25, -0.2) is 14.6 Å². The highest BCUT2D eigenvalue weighted by molar-refractivity contribution is 6.00. The standard InChI is InChI=1S/C14H17N3O4/c18-13(19)12-9-10-3-1-2-4-11(10)17(12)14(20)15-16-5-7-21-8-6-16/h1-4,12H,5-9H2,(H,15,20)(H,18,19)/t12-/m0/s1. The van der Waals surface area contributed by atoms with Crippen molar-refractivity contribution in [1.82, 2.24) is 10.4 Å². The molecule has 21 heavy (non-hydrogen) atoms. The summed E-state index contributed by atoms with van der Waals surface area (Å²) in [6, 6.07) is 6.02. The van der Waals surface area contributed by atoms with Gasteiger partial charge in [-0.1, -0.05) is 18.2 Å². The van der Waals surface area contributed by atoms with Crippen LogP contribution in [0.5, 0.6) is 0 Å². The van der Waals surface area contributed by atoms with Crippen molar-refractivity contribution >= 4 is 17.7 Å². The first-order valence-corrected chi connectivity index (χ1v) is 6.90. The molecule has 0 radical (unpaired) electrons. The van der Waals surface area contributed by atoms with E-state index in [1.54, 1.807) is 17.1 Å². The van der Waals surface area contributed by atoms with E-state index in [0.29, 0.717) is 38.4 Å². The number of carboxylic acid groups (broad SMARTS) is 1. The van der Waals surface area contributed by atoms with Gasteiger partial charge >= 0.3 is 12.0 Å². The second-order valence-corrected chi connectivity index (χ2v) is 5.07. The van der Waals surface area contributed by atoms with E-state index in [-0.39, 0.29) is 0 Å². The lowest BCUT2D eigenvalue weighted by Gasteiger charge is -2.30. The molecule has 7 nitrogen and oxygen atoms in total. The number of hydrogen-bond donors (Lipinski definition) is 2. The summed E-state index contributed by atoms with van der Waals surface area (Å²) >= 11 is 0. The highest BCUT2D eigenvalue weighted by Gasteiger charge is 2.38. The number of morpholine rings is 1. The Labute approximate surface area is 122 Å². The quantitative estimate of drug-likeness (QED) is 0.827. The molecule has 2 heterocycles. The number of aliphatic carboxylic acids is 1. The second-order valence-electron chi connectivity index (χ2n) is 5.07. The molecule has 2 amide bonds. The van der Waals surface area contributed by atoms with Gasteiger partial charge in [0.1, 0.15) is 6.04 Å². The molecule has 1 aromatic rings. The van der Waals surface area contributed by atoms with Crippen molar-refractivity contribution in [2.75, 3.05) is 31.2 Å². The third kappa shape index (κ3) is 2.70. The van der Waals surface area contributed by atoms with Gasteiger partial charge in [-0.15, -0.1) is 0 Å². The fourth-order valence-corrected chi connectivity index (χ4v) is 2.70. The first-order valence-electron chi connectivity index (χ1n) is 6.90. The van der Waals surface area contributed by atoms with Gasteiger partial charge in [0.2, 0.25) is 0 Å². The molecular weight excluding hydrogens is 274 g/mol. The van der Waals surface area contributed by atoms with Crippen molar-refractivity contribution in [3.63, 3.8) is 0 Å². The molecule has 1 atom stereocenters. The molecule has 7 heteroatoms. The topological polar surface area (TPSA) is 82.1 Å². The van der Waals surface area contributed by atoms with Gasteiger partial charge in [0.05, 0.1) is 13.2 Å². The van der Waals surface area contributed by atoms with Crippen molar-refractivity contribution < 1.29 is 19.4 Å². The Morgan fingerprint density at radius 3 is 2.67 bits per heavy atom. The van der Waals surface area contributed by atoms with Crippen LogP contribution in [0.2, 0.25) is 0 Å². The highest BCUT2D eigenvalue weighted by atomic mass is 16.5. The Hall–Kier alpha value is -2.12. The molecule has 0 saturated carbocycles. The zero-order valence-corrected chi connectivity index (χ0v) is 11.5. The van der Waals surface area contributed by atoms with Crippen molar-refractivity contribution in [2.24, 2.45) is 0 Å². The number of urea groups is 1. The van der Waals surface area contributed by atoms with E-state index in [9.17, 15) is 14.7 Å². The zero-order chi connectivity index (χ0) is 14.8. The monoisotopic (exact) mass is 291 g/mol. The van der Waals surface area contributed by atoms with Gasteiger partial charge in [-0.2, -0.15) is 0 Å². The van der Waals surface area contributed by atoms with Crippen LogP contribution in [0, 0.1) is 0 Å². The number of carbonyl (C=O) groups is 2. The molecule has 0 unspecified atom stereocenters. The fraction of sp³-hybridized carbons (Fsp3) is 0.429. The summed E-state index contributed by atoms with van der Waals surface area (Å²) in [5, 5.41) is 11.1. The van der Waals surface area contributed by atoms with E-state index < -0.39 is 18.0 Å². The highest BCUT2D eigenvalue weighted by Crippen LogP contribution is 2.32. The van der Waals surface area contributed by atoms with Crippen LogP contribution < -0.4 is 10.3 Å². The molecule has 0 spiro atoms. The number of carboxylic acids is 1. The zero-order valence-electron chi connectivity index (χ0n) is 11.5. The molecular formula is C14H17N3O4. The van der Waals surface area contributed by atoms with Crippen LogP contribution in [-0.2, 0) is 16.0 Å². The molecule has 1 aromatic carbocycles. The molecule has 0 aliphatic carbocycles. The van der Waals surface area contributed by atoms with Gasteiger partial charge in [0.25, 0.3) is 0 Å². The average Bonchev–Trinajstić information content (AvgIpc) is 2.88. The summed E-state index contributed by atoms with van der Waals surface area (Å²) in [5.74, 6) is -0.997. The van der Waals surface area contributed by atoms with Gasteiger partial charge in [-0.05, 0) is 11.6 Å². The maximum absolute atomic E-state index is 12.5. The largest absolute Gasteiger partial charge is 0.480 e. The Morgan fingerprint density at radius 1 is 1.24 bits per heavy atom. The van der Waals surface area contributed by atoms with Crippen molar-refractivity contribution in [1.29, 1.82) is 0 Å². The smallest absolute Gasteiger partial charge is 0.337 e. The number of amides is 2. The van der Waals surface area contributed by atoms with E-state index in [4.69, 9.17) is 4.74 Å². The number of fused-ring (bicyclic) bond motifs is 1. The summed E-state index contributed by atoms with van der Waals surface area (Å²) in [4.78, 5) is 25.2. The van der Waals surface area contributed by atoms with Crippen LogP contribution in [-0.4, -0.2) is 54.5 Å². The SMILES string of the molecule is O=C(O)[C@@H]1Cc2ccccc2N1C(=O)NN1CCOCC1. The predicted molar refractivity (Wildman–Crippen MR) is 75.0 cm³/mol. The predicted octanol–water partition coefficient (Wildman–Crippen LogP) is 0.459. The minimum atomic E-state index is -0.997. The van der Waals surface area contributed by atoms with Crippen molar-refractivity contribution in [3.8, 4) is 0 Å². The number of anilines is 1. The number of hydrazine groups is 1. The molecule has 0 aromatic heterocycles. The second kappa shape index (κ2) is 5.71. The number of benzene rings is 1. The molecule has 0 bridgehead atoms. The average molecular weight is 291 g/mol. The van der Waals surface area contributed by atoms with E-state index in [1.165, 1.54) is 4.90 Å². The maximum atomic E-state index is 12.5. The number of para-hydroxylation sites is 1. The third-order valence-electron chi connectivity index (χ3n) is 3.74. The van der Waals surface area contributed by atoms with Gasteiger partial charge < -0.3 is 9.84 Å². The molecule has 1 fully saturated rings. The molecule has 112 valence electrons. The summed E-state index contributed by atoms with van der Waals surface area (Å²) in [6.45, 7) is 2.30. The maximum Gasteiger partial charge on any atom is 0.337 e. The van der Waals surface area contributed by atoms with Gasteiger partial charge in [-0.3, -0.25) is 10.3 Å². The summed E-state index contributed by atoms with van der Waals surface area (Å²) in [7, 11) is 0. The Balaban J connectivity index is 1.80. The first kappa shape index (κ1) is 13.8. The van der Waals surface area contributed by atoms with Crippen molar-refractivity contribution in [3.05, 3.63) is 29.8 Å². The number of hydrogen-bond acceptors (Lipinski definition) is 4. The summed E-state index contributed by atoms with van der Waals surface area (Å²) < 4.78 is 5.22. The van der Waals surface area contributed by atoms with Crippen LogP contribution in [0.1, 0.15) is 5.56 Å². The van der Waals surface area contributed by atoms with E-state index in [1.807, 2.05) is 12.1 Å². The number of carbonyl (C=O) groups excluding carboxylic acids is 1. The van der Waals surface area contributed by atoms with Gasteiger partial charge in [0, 0.05) is 25.2 Å². The number of ether oxygens (including phenoxy) is 1. The van der Waals surface area contributed by atoms with E-state index in [0.717, 1.165) is 5.56 Å². The summed E-state index contributed by atoms with van der Waals surface area (Å²) in [6.07, 6.45) is 0.335. The van der Waals surface area contributed by atoms with Gasteiger partial charge in [0.15, 0.2) is 0 Å². The summed E-state index contributed by atoms with van der Waals surface area (Å²) in [5.41, 5.74) is 4.30. The first-order chi connectivity index (χ1) is 10.2. The van der Waals surface area contributed by atoms with Crippen LogP contribution >= 0.6 is 0 Å².